The van der Waals surface area contributed by atoms with E-state index in [4.69, 9.17) is 0 Å². The highest BCUT2D eigenvalue weighted by Gasteiger charge is 2.30. The van der Waals surface area contributed by atoms with Gasteiger partial charge in [0.1, 0.15) is 0 Å². The summed E-state index contributed by atoms with van der Waals surface area (Å²) in [5.74, 6) is 1.56. The fourth-order valence-electron chi connectivity index (χ4n) is 8.21. The van der Waals surface area contributed by atoms with Crippen LogP contribution in [-0.4, -0.2) is 0 Å². The summed E-state index contributed by atoms with van der Waals surface area (Å²) in [5.41, 5.74) is 17.5. The van der Waals surface area contributed by atoms with Gasteiger partial charge in [-0.25, -0.2) is 0 Å². The standard InChI is InChI=1S/C44H40/c1-30(44-29-36-11-3-5-13-39(36)42-16-8-9-17-43(42)44)32-24-26-34(27-25-32)33-21-18-31(19-22-33)20-23-37-28-35-10-2-4-12-38(35)41-15-7-6-14-40(37)41/h2-4,6-12,14-19,21-22,24-27,30,37,44H,5,13,20,23,28-29H2,1H3. The molecule has 3 aliphatic rings. The lowest BCUT2D eigenvalue weighted by molar-refractivity contribution is 0.565. The van der Waals surface area contributed by atoms with E-state index in [1.165, 1.54) is 74.9 Å². The number of fused-ring (bicyclic) bond motifs is 5. The van der Waals surface area contributed by atoms with E-state index in [0.29, 0.717) is 17.8 Å². The molecule has 0 radical (unpaired) electrons. The normalized spacial score (nSPS) is 19.0. The first kappa shape index (κ1) is 27.2. The lowest BCUT2D eigenvalue weighted by atomic mass is 9.70. The van der Waals surface area contributed by atoms with Gasteiger partial charge in [0.15, 0.2) is 0 Å². The fraction of sp³-hybridized carbons (Fsp3) is 0.227. The van der Waals surface area contributed by atoms with Gasteiger partial charge in [0.2, 0.25) is 0 Å². The number of hydrogen-bond donors (Lipinski definition) is 0. The molecule has 44 heavy (non-hydrogen) atoms. The molecule has 0 bridgehead atoms. The summed E-state index contributed by atoms with van der Waals surface area (Å²) < 4.78 is 0. The van der Waals surface area contributed by atoms with Crippen LogP contribution < -0.4 is 0 Å². The Morgan fingerprint density at radius 3 is 2.09 bits per heavy atom. The number of hydrogen-bond acceptors (Lipinski definition) is 0. The van der Waals surface area contributed by atoms with Gasteiger partial charge in [0.25, 0.3) is 0 Å². The molecule has 8 rings (SSSR count). The van der Waals surface area contributed by atoms with Crippen LogP contribution in [0.15, 0.2) is 139 Å². The predicted molar refractivity (Wildman–Crippen MR) is 186 cm³/mol. The van der Waals surface area contributed by atoms with Crippen molar-refractivity contribution in [2.24, 2.45) is 0 Å². The van der Waals surface area contributed by atoms with Crippen LogP contribution in [0.3, 0.4) is 0 Å². The van der Waals surface area contributed by atoms with Crippen molar-refractivity contribution in [1.29, 1.82) is 0 Å². The van der Waals surface area contributed by atoms with Gasteiger partial charge in [0, 0.05) is 0 Å². The Hall–Kier alpha value is -4.42. The zero-order chi connectivity index (χ0) is 29.5. The van der Waals surface area contributed by atoms with Gasteiger partial charge in [-0.05, 0) is 123 Å². The van der Waals surface area contributed by atoms with E-state index >= 15 is 0 Å². The van der Waals surface area contributed by atoms with Gasteiger partial charge < -0.3 is 0 Å². The summed E-state index contributed by atoms with van der Waals surface area (Å²) in [4.78, 5) is 0. The fourth-order valence-corrected chi connectivity index (χ4v) is 8.21. The molecule has 0 fully saturated rings. The van der Waals surface area contributed by atoms with Crippen molar-refractivity contribution in [3.63, 3.8) is 0 Å². The second kappa shape index (κ2) is 11.6. The summed E-state index contributed by atoms with van der Waals surface area (Å²) in [5, 5.41) is 0. The first-order valence-electron chi connectivity index (χ1n) is 16.6. The van der Waals surface area contributed by atoms with Crippen molar-refractivity contribution in [3.8, 4) is 22.3 Å². The maximum atomic E-state index is 2.42. The Bertz CT molecular complexity index is 1860. The van der Waals surface area contributed by atoms with Crippen LogP contribution in [0.4, 0.5) is 0 Å². The van der Waals surface area contributed by atoms with Crippen molar-refractivity contribution in [2.45, 2.75) is 63.2 Å². The summed E-state index contributed by atoms with van der Waals surface area (Å²) in [6, 6.07) is 45.9. The SMILES string of the molecule is CC(c1ccc(-c2ccc(CCC3Cc4ccccc4-c4ccccc43)cc2)cc1)C1CC2=C(CCC=C2)c2ccccc21. The average Bonchev–Trinajstić information content (AvgIpc) is 3.10. The van der Waals surface area contributed by atoms with Crippen molar-refractivity contribution in [1.82, 2.24) is 0 Å². The van der Waals surface area contributed by atoms with Crippen LogP contribution in [-0.2, 0) is 12.8 Å². The molecule has 3 aliphatic carbocycles. The minimum absolute atomic E-state index is 0.467. The van der Waals surface area contributed by atoms with Gasteiger partial charge in [-0.2, -0.15) is 0 Å². The number of benzene rings is 5. The Kier molecular flexibility index (Phi) is 7.15. The van der Waals surface area contributed by atoms with Crippen LogP contribution in [0.2, 0.25) is 0 Å². The summed E-state index contributed by atoms with van der Waals surface area (Å²) in [7, 11) is 0. The number of aryl methyl sites for hydroxylation is 1. The Labute approximate surface area is 262 Å². The highest BCUT2D eigenvalue weighted by Crippen LogP contribution is 2.48. The third-order valence-corrected chi connectivity index (χ3v) is 10.7. The molecule has 0 N–H and O–H groups in total. The molecule has 0 saturated heterocycles. The lowest BCUT2D eigenvalue weighted by Crippen LogP contribution is -2.17. The predicted octanol–water partition coefficient (Wildman–Crippen LogP) is 11.7. The van der Waals surface area contributed by atoms with E-state index in [1.807, 2.05) is 0 Å². The van der Waals surface area contributed by atoms with Crippen LogP contribution in [0.1, 0.15) is 83.7 Å². The molecule has 3 atom stereocenters. The van der Waals surface area contributed by atoms with Gasteiger partial charge >= 0.3 is 0 Å². The molecule has 0 amide bonds. The molecule has 5 aromatic carbocycles. The molecule has 216 valence electrons. The third kappa shape index (κ3) is 4.97. The quantitative estimate of drug-likeness (QED) is 0.191. The van der Waals surface area contributed by atoms with E-state index in [2.05, 4.69) is 140 Å². The minimum Gasteiger partial charge on any atom is -0.0839 e. The van der Waals surface area contributed by atoms with Gasteiger partial charge in [-0.3, -0.25) is 0 Å². The van der Waals surface area contributed by atoms with Gasteiger partial charge in [0.05, 0.1) is 0 Å². The summed E-state index contributed by atoms with van der Waals surface area (Å²) in [6.45, 7) is 2.42. The number of allylic oxidation sites excluding steroid dienone is 4. The van der Waals surface area contributed by atoms with E-state index in [1.54, 1.807) is 11.1 Å². The zero-order valence-electron chi connectivity index (χ0n) is 25.7. The van der Waals surface area contributed by atoms with Crippen LogP contribution in [0.25, 0.3) is 27.8 Å². The highest BCUT2D eigenvalue weighted by molar-refractivity contribution is 5.77. The monoisotopic (exact) mass is 568 g/mol. The maximum Gasteiger partial charge on any atom is -0.00492 e. The Morgan fingerprint density at radius 1 is 0.636 bits per heavy atom. The average molecular weight is 569 g/mol. The minimum atomic E-state index is 0.467. The van der Waals surface area contributed by atoms with Crippen molar-refractivity contribution >= 4 is 5.57 Å². The molecule has 3 unspecified atom stereocenters. The van der Waals surface area contributed by atoms with E-state index in [0.717, 1.165) is 19.3 Å². The largest absolute Gasteiger partial charge is 0.0839 e. The molecule has 0 heterocycles. The lowest BCUT2D eigenvalue weighted by Gasteiger charge is -2.34. The first-order chi connectivity index (χ1) is 21.7. The van der Waals surface area contributed by atoms with E-state index in [9.17, 15) is 0 Å². The second-order valence-corrected chi connectivity index (χ2v) is 13.1. The second-order valence-electron chi connectivity index (χ2n) is 13.1. The molecule has 5 aromatic rings. The smallest absolute Gasteiger partial charge is 0.00492 e. The van der Waals surface area contributed by atoms with Crippen molar-refractivity contribution < 1.29 is 0 Å². The van der Waals surface area contributed by atoms with Crippen molar-refractivity contribution in [2.75, 3.05) is 0 Å². The number of rotatable bonds is 6. The van der Waals surface area contributed by atoms with Gasteiger partial charge in [-0.15, -0.1) is 0 Å². The maximum absolute atomic E-state index is 2.42. The topological polar surface area (TPSA) is 0 Å². The van der Waals surface area contributed by atoms with Gasteiger partial charge in [-0.1, -0.05) is 140 Å². The molecular formula is C44H40. The Balaban J connectivity index is 0.957. The molecule has 0 heteroatoms. The summed E-state index contributed by atoms with van der Waals surface area (Å²) in [6.07, 6.45) is 11.7. The van der Waals surface area contributed by atoms with Crippen LogP contribution in [0.5, 0.6) is 0 Å². The third-order valence-electron chi connectivity index (χ3n) is 10.7. The Morgan fingerprint density at radius 2 is 1.30 bits per heavy atom. The molecule has 0 spiro atoms. The van der Waals surface area contributed by atoms with Crippen LogP contribution in [0, 0.1) is 0 Å². The molecule has 0 aliphatic heterocycles. The first-order valence-corrected chi connectivity index (χ1v) is 16.6. The van der Waals surface area contributed by atoms with Crippen LogP contribution >= 0.6 is 0 Å². The zero-order valence-corrected chi connectivity index (χ0v) is 25.7. The molecule has 0 saturated carbocycles. The van der Waals surface area contributed by atoms with E-state index < -0.39 is 0 Å². The van der Waals surface area contributed by atoms with E-state index in [-0.39, 0.29) is 0 Å². The molecule has 0 nitrogen and oxygen atoms in total. The molecule has 0 aromatic heterocycles. The highest BCUT2D eigenvalue weighted by atomic mass is 14.3. The summed E-state index contributed by atoms with van der Waals surface area (Å²) >= 11 is 0. The molecular weight excluding hydrogens is 528 g/mol. The van der Waals surface area contributed by atoms with Crippen molar-refractivity contribution in [3.05, 3.63) is 172 Å².